The Kier molecular flexibility index (Phi) is 3.41. The lowest BCUT2D eigenvalue weighted by atomic mass is 10.0. The summed E-state index contributed by atoms with van der Waals surface area (Å²) in [5, 5.41) is 22.1. The van der Waals surface area contributed by atoms with Gasteiger partial charge in [0.2, 0.25) is 0 Å². The van der Waals surface area contributed by atoms with Crippen molar-refractivity contribution in [2.24, 2.45) is 0 Å². The first-order chi connectivity index (χ1) is 9.81. The van der Waals surface area contributed by atoms with E-state index in [-0.39, 0.29) is 0 Å². The van der Waals surface area contributed by atoms with Crippen LogP contribution >= 0.6 is 0 Å². The van der Waals surface area contributed by atoms with Gasteiger partial charge < -0.3 is 19.7 Å². The summed E-state index contributed by atoms with van der Waals surface area (Å²) < 4.78 is 10.3. The van der Waals surface area contributed by atoms with Gasteiger partial charge in [0.1, 0.15) is 0 Å². The van der Waals surface area contributed by atoms with Crippen LogP contribution in [0.5, 0.6) is 11.5 Å². The summed E-state index contributed by atoms with van der Waals surface area (Å²) in [4.78, 5) is 0. The van der Waals surface area contributed by atoms with Gasteiger partial charge in [-0.05, 0) is 45.8 Å². The van der Waals surface area contributed by atoms with E-state index < -0.39 is 13.6 Å². The van der Waals surface area contributed by atoms with Crippen molar-refractivity contribution in [2.75, 3.05) is 13.6 Å². The maximum atomic E-state index is 8.92. The quantitative estimate of drug-likeness (QED) is 0.565. The van der Waals surface area contributed by atoms with Gasteiger partial charge in [-0.25, -0.2) is 0 Å². The SMILES string of the molecule is OCOc1cc2cc3ccccc3cc2cc1OCO. The van der Waals surface area contributed by atoms with Gasteiger partial charge in [0.25, 0.3) is 0 Å². The van der Waals surface area contributed by atoms with Gasteiger partial charge in [-0.2, -0.15) is 0 Å². The van der Waals surface area contributed by atoms with Gasteiger partial charge in [0.05, 0.1) is 0 Å². The fourth-order valence-electron chi connectivity index (χ4n) is 2.31. The molecule has 0 aliphatic rings. The maximum absolute atomic E-state index is 8.92. The Morgan fingerprint density at radius 1 is 0.650 bits per heavy atom. The van der Waals surface area contributed by atoms with Crippen molar-refractivity contribution in [3.63, 3.8) is 0 Å². The molecule has 102 valence electrons. The van der Waals surface area contributed by atoms with Gasteiger partial charge in [-0.1, -0.05) is 24.3 Å². The first kappa shape index (κ1) is 12.7. The molecule has 2 N–H and O–H groups in total. The van der Waals surface area contributed by atoms with Crippen LogP contribution in [0.15, 0.2) is 48.5 Å². The Bertz CT molecular complexity index is 688. The minimum Gasteiger partial charge on any atom is -0.464 e. The van der Waals surface area contributed by atoms with Crippen molar-refractivity contribution < 1.29 is 19.7 Å². The second-order valence-corrected chi connectivity index (χ2v) is 4.39. The molecular weight excluding hydrogens is 256 g/mol. The summed E-state index contributed by atoms with van der Waals surface area (Å²) in [5.74, 6) is 0.814. The molecule has 0 atom stereocenters. The highest BCUT2D eigenvalue weighted by Crippen LogP contribution is 2.34. The maximum Gasteiger partial charge on any atom is 0.186 e. The fraction of sp³-hybridized carbons (Fsp3) is 0.125. The van der Waals surface area contributed by atoms with Crippen LogP contribution < -0.4 is 9.47 Å². The highest BCUT2D eigenvalue weighted by atomic mass is 16.6. The second kappa shape index (κ2) is 5.36. The van der Waals surface area contributed by atoms with Crippen molar-refractivity contribution in [3.05, 3.63) is 48.5 Å². The van der Waals surface area contributed by atoms with E-state index in [0.717, 1.165) is 21.5 Å². The smallest absolute Gasteiger partial charge is 0.186 e. The Morgan fingerprint density at radius 3 is 1.50 bits per heavy atom. The Morgan fingerprint density at radius 2 is 1.10 bits per heavy atom. The van der Waals surface area contributed by atoms with Gasteiger partial charge in [-0.3, -0.25) is 0 Å². The number of hydrogen-bond acceptors (Lipinski definition) is 4. The van der Waals surface area contributed by atoms with Crippen molar-refractivity contribution >= 4 is 21.5 Å². The summed E-state index contributed by atoms with van der Waals surface area (Å²) in [6, 6.07) is 15.8. The van der Waals surface area contributed by atoms with E-state index >= 15 is 0 Å². The third-order valence-electron chi connectivity index (χ3n) is 3.21. The molecule has 0 aromatic heterocycles. The molecule has 3 aromatic carbocycles. The molecule has 4 nitrogen and oxygen atoms in total. The molecule has 0 unspecified atom stereocenters. The molecule has 0 radical (unpaired) electrons. The summed E-state index contributed by atoms with van der Waals surface area (Å²) in [6.07, 6.45) is 0. The Balaban J connectivity index is 2.23. The lowest BCUT2D eigenvalue weighted by Gasteiger charge is -2.12. The topological polar surface area (TPSA) is 58.9 Å². The molecule has 20 heavy (non-hydrogen) atoms. The van der Waals surface area contributed by atoms with Crippen molar-refractivity contribution in [2.45, 2.75) is 0 Å². The van der Waals surface area contributed by atoms with Crippen LogP contribution in [0.1, 0.15) is 0 Å². The minimum atomic E-state index is -0.444. The summed E-state index contributed by atoms with van der Waals surface area (Å²) in [7, 11) is 0. The van der Waals surface area contributed by atoms with Crippen LogP contribution in [0.3, 0.4) is 0 Å². The number of aliphatic hydroxyl groups excluding tert-OH is 2. The van der Waals surface area contributed by atoms with Gasteiger partial charge >= 0.3 is 0 Å². The highest BCUT2D eigenvalue weighted by molar-refractivity contribution is 5.99. The van der Waals surface area contributed by atoms with Gasteiger partial charge in [0, 0.05) is 0 Å². The molecule has 0 aliphatic carbocycles. The molecule has 0 spiro atoms. The molecule has 0 bridgehead atoms. The zero-order valence-corrected chi connectivity index (χ0v) is 10.7. The molecule has 3 aromatic rings. The summed E-state index contributed by atoms with van der Waals surface area (Å²) in [5.41, 5.74) is 0. The zero-order chi connectivity index (χ0) is 13.9. The van der Waals surface area contributed by atoms with E-state index in [4.69, 9.17) is 19.7 Å². The first-order valence-corrected chi connectivity index (χ1v) is 6.25. The van der Waals surface area contributed by atoms with Crippen molar-refractivity contribution in [1.29, 1.82) is 0 Å². The predicted molar refractivity (Wildman–Crippen MR) is 76.9 cm³/mol. The van der Waals surface area contributed by atoms with E-state index in [1.807, 2.05) is 24.3 Å². The molecular formula is C16H14O4. The number of hydrogen-bond donors (Lipinski definition) is 2. The van der Waals surface area contributed by atoms with Crippen LogP contribution in [0.4, 0.5) is 0 Å². The molecule has 3 rings (SSSR count). The Hall–Kier alpha value is -2.30. The lowest BCUT2D eigenvalue weighted by molar-refractivity contribution is 0.0746. The average molecular weight is 270 g/mol. The summed E-state index contributed by atoms with van der Waals surface area (Å²) >= 11 is 0. The van der Waals surface area contributed by atoms with Crippen LogP contribution in [0.2, 0.25) is 0 Å². The van der Waals surface area contributed by atoms with Crippen LogP contribution in [0.25, 0.3) is 21.5 Å². The average Bonchev–Trinajstić information content (AvgIpc) is 2.46. The van der Waals surface area contributed by atoms with Crippen LogP contribution in [0, 0.1) is 0 Å². The second-order valence-electron chi connectivity index (χ2n) is 4.39. The monoisotopic (exact) mass is 270 g/mol. The fourth-order valence-corrected chi connectivity index (χ4v) is 2.31. The lowest BCUT2D eigenvalue weighted by Crippen LogP contribution is -2.01. The predicted octanol–water partition coefficient (Wildman–Crippen LogP) is 2.65. The molecule has 0 saturated carbocycles. The minimum absolute atomic E-state index is 0.407. The molecule has 0 fully saturated rings. The highest BCUT2D eigenvalue weighted by Gasteiger charge is 2.08. The molecule has 0 amide bonds. The molecule has 0 saturated heterocycles. The normalized spacial score (nSPS) is 10.9. The van der Waals surface area contributed by atoms with Crippen molar-refractivity contribution in [3.8, 4) is 11.5 Å². The van der Waals surface area contributed by atoms with E-state index in [9.17, 15) is 0 Å². The zero-order valence-electron chi connectivity index (χ0n) is 10.7. The van der Waals surface area contributed by atoms with Crippen LogP contribution in [-0.2, 0) is 0 Å². The number of aliphatic hydroxyl groups is 2. The van der Waals surface area contributed by atoms with E-state index in [1.54, 1.807) is 12.1 Å². The largest absolute Gasteiger partial charge is 0.464 e. The molecule has 0 heterocycles. The van der Waals surface area contributed by atoms with E-state index in [1.165, 1.54) is 0 Å². The summed E-state index contributed by atoms with van der Waals surface area (Å²) in [6.45, 7) is -0.887. The van der Waals surface area contributed by atoms with Gasteiger partial charge in [-0.15, -0.1) is 0 Å². The first-order valence-electron chi connectivity index (χ1n) is 6.25. The molecule has 4 heteroatoms. The number of fused-ring (bicyclic) bond motifs is 2. The van der Waals surface area contributed by atoms with Crippen molar-refractivity contribution in [1.82, 2.24) is 0 Å². The van der Waals surface area contributed by atoms with Crippen LogP contribution in [-0.4, -0.2) is 23.8 Å². The van der Waals surface area contributed by atoms with E-state index in [0.29, 0.717) is 11.5 Å². The number of rotatable bonds is 4. The third kappa shape index (κ3) is 2.27. The third-order valence-corrected chi connectivity index (χ3v) is 3.21. The number of benzene rings is 3. The standard InChI is InChI=1S/C16H14O4/c17-9-19-15-7-13-5-11-3-1-2-4-12(11)6-14(13)8-16(15)20-10-18/h1-8,17-18H,9-10H2. The molecule has 0 aliphatic heterocycles. The van der Waals surface area contributed by atoms with Gasteiger partial charge in [0.15, 0.2) is 25.1 Å². The number of ether oxygens (including phenoxy) is 2. The Labute approximate surface area is 115 Å². The van der Waals surface area contributed by atoms with E-state index in [2.05, 4.69) is 12.1 Å².